The maximum Gasteiger partial charge on any atom is 0.262 e. The summed E-state index contributed by atoms with van der Waals surface area (Å²) in [5.41, 5.74) is 3.86. The summed E-state index contributed by atoms with van der Waals surface area (Å²) in [6.07, 6.45) is 0. The van der Waals surface area contributed by atoms with Crippen LogP contribution in [0.2, 0.25) is 0 Å². The van der Waals surface area contributed by atoms with Gasteiger partial charge in [0, 0.05) is 5.69 Å². The molecule has 1 amide bonds. The van der Waals surface area contributed by atoms with Gasteiger partial charge in [-0.1, -0.05) is 32.6 Å². The molecule has 0 unspecified atom stereocenters. The van der Waals surface area contributed by atoms with Crippen molar-refractivity contribution in [2.24, 2.45) is 0 Å². The zero-order chi connectivity index (χ0) is 19.1. The van der Waals surface area contributed by atoms with E-state index in [0.29, 0.717) is 18.2 Å². The van der Waals surface area contributed by atoms with Gasteiger partial charge in [0.2, 0.25) is 0 Å². The van der Waals surface area contributed by atoms with Gasteiger partial charge in [-0.15, -0.1) is 0 Å². The molecule has 2 aromatic carbocycles. The summed E-state index contributed by atoms with van der Waals surface area (Å²) in [6.45, 7) is 12.4. The van der Waals surface area contributed by atoms with Crippen molar-refractivity contribution in [2.45, 2.75) is 33.6 Å². The molecular weight excluding hydrogens is 326 g/mol. The molecule has 0 aliphatic carbocycles. The molecule has 2 rings (SSSR count). The number of ether oxygens (including phenoxy) is 2. The standard InChI is InChI=1S/C22H27NO3/c1-15(2)13-25-19-9-7-18(8-10-19)23-22(24)14-26-21-12-17(5)6-11-20(21)16(3)4/h6-12,16H,1,13-14H2,2-5H3,(H,23,24). The molecule has 138 valence electrons. The van der Waals surface area contributed by atoms with E-state index in [1.807, 2.05) is 32.0 Å². The summed E-state index contributed by atoms with van der Waals surface area (Å²) >= 11 is 0. The number of rotatable bonds is 8. The van der Waals surface area contributed by atoms with Gasteiger partial charge >= 0.3 is 0 Å². The Balaban J connectivity index is 1.91. The lowest BCUT2D eigenvalue weighted by atomic mass is 10.0. The Bertz CT molecular complexity index is 763. The van der Waals surface area contributed by atoms with E-state index in [9.17, 15) is 4.79 Å². The smallest absolute Gasteiger partial charge is 0.262 e. The van der Waals surface area contributed by atoms with Crippen LogP contribution in [-0.2, 0) is 4.79 Å². The van der Waals surface area contributed by atoms with Gasteiger partial charge < -0.3 is 14.8 Å². The number of carbonyl (C=O) groups is 1. The Morgan fingerprint density at radius 1 is 1.08 bits per heavy atom. The van der Waals surface area contributed by atoms with E-state index < -0.39 is 0 Å². The molecule has 0 fully saturated rings. The first-order valence-electron chi connectivity index (χ1n) is 8.75. The number of carbonyl (C=O) groups excluding carboxylic acids is 1. The summed E-state index contributed by atoms with van der Waals surface area (Å²) in [6, 6.07) is 13.3. The van der Waals surface area contributed by atoms with Crippen molar-refractivity contribution in [3.8, 4) is 11.5 Å². The SMILES string of the molecule is C=C(C)COc1ccc(NC(=O)COc2cc(C)ccc2C(C)C)cc1. The number of hydrogen-bond donors (Lipinski definition) is 1. The molecule has 26 heavy (non-hydrogen) atoms. The van der Waals surface area contributed by atoms with E-state index >= 15 is 0 Å². The van der Waals surface area contributed by atoms with Gasteiger partial charge in [-0.05, 0) is 66.8 Å². The molecule has 0 aliphatic heterocycles. The van der Waals surface area contributed by atoms with Gasteiger partial charge in [0.1, 0.15) is 18.1 Å². The fraction of sp³-hybridized carbons (Fsp3) is 0.318. The molecular formula is C22H27NO3. The lowest BCUT2D eigenvalue weighted by Crippen LogP contribution is -2.20. The number of hydrogen-bond acceptors (Lipinski definition) is 3. The Kier molecular flexibility index (Phi) is 6.84. The van der Waals surface area contributed by atoms with Crippen molar-refractivity contribution in [2.75, 3.05) is 18.5 Å². The highest BCUT2D eigenvalue weighted by Gasteiger charge is 2.10. The molecule has 0 spiro atoms. The quantitative estimate of drug-likeness (QED) is 0.672. The van der Waals surface area contributed by atoms with E-state index in [-0.39, 0.29) is 12.5 Å². The Morgan fingerprint density at radius 2 is 1.77 bits per heavy atom. The monoisotopic (exact) mass is 353 g/mol. The Morgan fingerprint density at radius 3 is 2.38 bits per heavy atom. The minimum Gasteiger partial charge on any atom is -0.489 e. The van der Waals surface area contributed by atoms with Crippen LogP contribution in [0.4, 0.5) is 5.69 Å². The maximum atomic E-state index is 12.2. The molecule has 0 saturated carbocycles. The third kappa shape index (κ3) is 5.96. The highest BCUT2D eigenvalue weighted by atomic mass is 16.5. The van der Waals surface area contributed by atoms with Crippen LogP contribution in [0, 0.1) is 6.92 Å². The number of nitrogens with one attached hydrogen (secondary N) is 1. The van der Waals surface area contributed by atoms with Crippen LogP contribution in [0.1, 0.15) is 37.8 Å². The summed E-state index contributed by atoms with van der Waals surface area (Å²) in [7, 11) is 0. The lowest BCUT2D eigenvalue weighted by Gasteiger charge is -2.15. The van der Waals surface area contributed by atoms with Crippen molar-refractivity contribution in [1.29, 1.82) is 0 Å². The summed E-state index contributed by atoms with van der Waals surface area (Å²) in [5.74, 6) is 1.64. The molecule has 0 atom stereocenters. The maximum absolute atomic E-state index is 12.2. The van der Waals surface area contributed by atoms with Crippen molar-refractivity contribution >= 4 is 11.6 Å². The zero-order valence-electron chi connectivity index (χ0n) is 16.0. The average molecular weight is 353 g/mol. The Hall–Kier alpha value is -2.75. The summed E-state index contributed by atoms with van der Waals surface area (Å²) in [5, 5.41) is 2.83. The molecule has 0 radical (unpaired) electrons. The largest absolute Gasteiger partial charge is 0.489 e. The molecule has 1 N–H and O–H groups in total. The van der Waals surface area contributed by atoms with Gasteiger partial charge in [0.05, 0.1) is 0 Å². The van der Waals surface area contributed by atoms with E-state index in [4.69, 9.17) is 9.47 Å². The lowest BCUT2D eigenvalue weighted by molar-refractivity contribution is -0.118. The van der Waals surface area contributed by atoms with Crippen molar-refractivity contribution in [3.63, 3.8) is 0 Å². The second-order valence-corrected chi connectivity index (χ2v) is 6.80. The highest BCUT2D eigenvalue weighted by Crippen LogP contribution is 2.27. The summed E-state index contributed by atoms with van der Waals surface area (Å²) < 4.78 is 11.3. The topological polar surface area (TPSA) is 47.6 Å². The van der Waals surface area contributed by atoms with Crippen LogP contribution in [-0.4, -0.2) is 19.1 Å². The molecule has 2 aromatic rings. The molecule has 0 bridgehead atoms. The number of benzene rings is 2. The zero-order valence-corrected chi connectivity index (χ0v) is 16.0. The van der Waals surface area contributed by atoms with Crippen LogP contribution in [0.3, 0.4) is 0 Å². The van der Waals surface area contributed by atoms with Gasteiger partial charge in [0.25, 0.3) is 5.91 Å². The average Bonchev–Trinajstić information content (AvgIpc) is 2.59. The normalized spacial score (nSPS) is 10.5. The first-order valence-corrected chi connectivity index (χ1v) is 8.75. The van der Waals surface area contributed by atoms with Crippen LogP contribution in [0.25, 0.3) is 0 Å². The van der Waals surface area contributed by atoms with Gasteiger partial charge in [-0.2, -0.15) is 0 Å². The summed E-state index contributed by atoms with van der Waals surface area (Å²) in [4.78, 5) is 12.2. The number of aryl methyl sites for hydroxylation is 1. The van der Waals surface area contributed by atoms with Crippen LogP contribution in [0.15, 0.2) is 54.6 Å². The van der Waals surface area contributed by atoms with E-state index in [0.717, 1.165) is 28.2 Å². The van der Waals surface area contributed by atoms with E-state index in [2.05, 4.69) is 37.9 Å². The molecule has 0 saturated heterocycles. The predicted molar refractivity (Wildman–Crippen MR) is 106 cm³/mol. The minimum atomic E-state index is -0.197. The molecule has 0 aliphatic rings. The van der Waals surface area contributed by atoms with Gasteiger partial charge in [-0.25, -0.2) is 0 Å². The highest BCUT2D eigenvalue weighted by molar-refractivity contribution is 5.91. The van der Waals surface area contributed by atoms with Crippen LogP contribution >= 0.6 is 0 Å². The van der Waals surface area contributed by atoms with E-state index in [1.165, 1.54) is 0 Å². The second kappa shape index (κ2) is 9.09. The Labute approximate surface area is 155 Å². The fourth-order valence-electron chi connectivity index (χ4n) is 2.42. The van der Waals surface area contributed by atoms with Crippen LogP contribution < -0.4 is 14.8 Å². The van der Waals surface area contributed by atoms with E-state index in [1.54, 1.807) is 12.1 Å². The third-order valence-corrected chi connectivity index (χ3v) is 3.77. The molecule has 0 aromatic heterocycles. The predicted octanol–water partition coefficient (Wildman–Crippen LogP) is 5.09. The number of anilines is 1. The molecule has 0 heterocycles. The van der Waals surface area contributed by atoms with Crippen molar-refractivity contribution in [1.82, 2.24) is 0 Å². The van der Waals surface area contributed by atoms with Crippen molar-refractivity contribution < 1.29 is 14.3 Å². The van der Waals surface area contributed by atoms with Gasteiger partial charge in [0.15, 0.2) is 6.61 Å². The first kappa shape index (κ1) is 19.6. The number of amides is 1. The van der Waals surface area contributed by atoms with Crippen molar-refractivity contribution in [3.05, 3.63) is 65.7 Å². The molecule has 4 heteroatoms. The first-order chi connectivity index (χ1) is 12.3. The van der Waals surface area contributed by atoms with Gasteiger partial charge in [-0.3, -0.25) is 4.79 Å². The second-order valence-electron chi connectivity index (χ2n) is 6.80. The third-order valence-electron chi connectivity index (χ3n) is 3.77. The van der Waals surface area contributed by atoms with Crippen LogP contribution in [0.5, 0.6) is 11.5 Å². The molecule has 4 nitrogen and oxygen atoms in total. The minimum absolute atomic E-state index is 0.0307. The fourth-order valence-corrected chi connectivity index (χ4v) is 2.42.